The maximum absolute atomic E-state index is 6.36. The molecule has 1 saturated heterocycles. The van der Waals surface area contributed by atoms with E-state index in [0.717, 1.165) is 0 Å². The Kier molecular flexibility index (Phi) is 4.62. The lowest BCUT2D eigenvalue weighted by Gasteiger charge is -2.46. The largest absolute Gasteiger partial charge is 0.292 e. The standard InChI is InChI=1S/C19H35NO/c1-13(2)9-10-19(8)11-15(5)17-16(12-19)18(6,7)21-20(17)14(3)4/h9,14-17H,10-12H2,1-8H3/t15-,16+,17+,19-/m1/s1. The summed E-state index contributed by atoms with van der Waals surface area (Å²) in [6, 6.07) is 1.05. The fraction of sp³-hybridized carbons (Fsp3) is 0.895. The molecule has 2 nitrogen and oxygen atoms in total. The molecule has 2 fully saturated rings. The van der Waals surface area contributed by atoms with Crippen LogP contribution in [-0.4, -0.2) is 22.7 Å². The summed E-state index contributed by atoms with van der Waals surface area (Å²) < 4.78 is 0. The van der Waals surface area contributed by atoms with Gasteiger partial charge in [-0.15, -0.1) is 0 Å². The molecule has 1 heterocycles. The van der Waals surface area contributed by atoms with Gasteiger partial charge in [0.2, 0.25) is 0 Å². The summed E-state index contributed by atoms with van der Waals surface area (Å²) in [5, 5.41) is 2.30. The number of hydrogen-bond acceptors (Lipinski definition) is 2. The summed E-state index contributed by atoms with van der Waals surface area (Å²) >= 11 is 0. The third-order valence-corrected chi connectivity index (χ3v) is 5.56. The molecule has 2 rings (SSSR count). The van der Waals surface area contributed by atoms with Crippen molar-refractivity contribution in [3.8, 4) is 0 Å². The second-order valence-corrected chi connectivity index (χ2v) is 8.93. The molecule has 4 atom stereocenters. The van der Waals surface area contributed by atoms with Crippen LogP contribution in [0.15, 0.2) is 11.6 Å². The van der Waals surface area contributed by atoms with Gasteiger partial charge in [0.1, 0.15) is 0 Å². The Balaban J connectivity index is 2.24. The first-order valence-electron chi connectivity index (χ1n) is 8.66. The summed E-state index contributed by atoms with van der Waals surface area (Å²) in [6.45, 7) is 18.4. The van der Waals surface area contributed by atoms with Crippen LogP contribution < -0.4 is 0 Å². The van der Waals surface area contributed by atoms with Crippen LogP contribution in [0.3, 0.4) is 0 Å². The van der Waals surface area contributed by atoms with Crippen molar-refractivity contribution in [3.63, 3.8) is 0 Å². The third-order valence-electron chi connectivity index (χ3n) is 5.56. The van der Waals surface area contributed by atoms with Crippen LogP contribution in [0.5, 0.6) is 0 Å². The van der Waals surface area contributed by atoms with Gasteiger partial charge in [-0.25, -0.2) is 0 Å². The van der Waals surface area contributed by atoms with E-state index in [1.807, 2.05) is 0 Å². The molecular weight excluding hydrogens is 258 g/mol. The van der Waals surface area contributed by atoms with Gasteiger partial charge in [-0.3, -0.25) is 4.84 Å². The Morgan fingerprint density at radius 2 is 1.86 bits per heavy atom. The highest BCUT2D eigenvalue weighted by atomic mass is 16.7. The molecule has 0 N–H and O–H groups in total. The number of hydroxylamine groups is 2. The predicted molar refractivity (Wildman–Crippen MR) is 90.0 cm³/mol. The monoisotopic (exact) mass is 293 g/mol. The highest BCUT2D eigenvalue weighted by Gasteiger charge is 2.56. The van der Waals surface area contributed by atoms with Crippen molar-refractivity contribution in [1.82, 2.24) is 5.06 Å². The Bertz CT molecular complexity index is 408. The molecule has 0 unspecified atom stereocenters. The topological polar surface area (TPSA) is 12.5 Å². The SMILES string of the molecule is CC(C)=CC[C@]1(C)C[C@@H](C)[C@H]2[C@H](C1)C(C)(C)ON2C(C)C. The van der Waals surface area contributed by atoms with Crippen molar-refractivity contribution in [2.75, 3.05) is 0 Å². The zero-order valence-corrected chi connectivity index (χ0v) is 15.4. The molecule has 1 aliphatic heterocycles. The second kappa shape index (κ2) is 5.70. The Hall–Kier alpha value is -0.340. The molecule has 0 radical (unpaired) electrons. The molecule has 122 valence electrons. The average molecular weight is 293 g/mol. The molecule has 0 amide bonds. The van der Waals surface area contributed by atoms with Gasteiger partial charge in [0.25, 0.3) is 0 Å². The van der Waals surface area contributed by atoms with E-state index in [9.17, 15) is 0 Å². The van der Waals surface area contributed by atoms with Crippen LogP contribution in [0.25, 0.3) is 0 Å². The molecule has 1 aliphatic carbocycles. The summed E-state index contributed by atoms with van der Waals surface area (Å²) in [4.78, 5) is 6.36. The number of nitrogens with zero attached hydrogens (tertiary/aromatic N) is 1. The Morgan fingerprint density at radius 1 is 1.24 bits per heavy atom. The first-order chi connectivity index (χ1) is 9.56. The summed E-state index contributed by atoms with van der Waals surface area (Å²) in [5.74, 6) is 1.34. The van der Waals surface area contributed by atoms with Crippen LogP contribution in [-0.2, 0) is 4.84 Å². The fourth-order valence-corrected chi connectivity index (χ4v) is 4.58. The first kappa shape index (κ1) is 17.0. The minimum atomic E-state index is -0.0319. The molecule has 1 saturated carbocycles. The lowest BCUT2D eigenvalue weighted by molar-refractivity contribution is -0.215. The van der Waals surface area contributed by atoms with Crippen molar-refractivity contribution in [2.45, 2.75) is 92.3 Å². The van der Waals surface area contributed by atoms with Crippen molar-refractivity contribution < 1.29 is 4.84 Å². The van der Waals surface area contributed by atoms with Crippen LogP contribution >= 0.6 is 0 Å². The molecule has 2 aliphatic rings. The lowest BCUT2D eigenvalue weighted by atomic mass is 9.60. The van der Waals surface area contributed by atoms with E-state index < -0.39 is 0 Å². The Morgan fingerprint density at radius 3 is 2.38 bits per heavy atom. The van der Waals surface area contributed by atoms with Crippen molar-refractivity contribution in [2.24, 2.45) is 17.3 Å². The van der Waals surface area contributed by atoms with Crippen molar-refractivity contribution >= 4 is 0 Å². The maximum Gasteiger partial charge on any atom is 0.0888 e. The van der Waals surface area contributed by atoms with Gasteiger partial charge in [-0.05, 0) is 72.1 Å². The molecule has 0 spiro atoms. The minimum absolute atomic E-state index is 0.0319. The minimum Gasteiger partial charge on any atom is -0.292 e. The summed E-state index contributed by atoms with van der Waals surface area (Å²) in [6.07, 6.45) is 6.22. The third kappa shape index (κ3) is 3.37. The lowest BCUT2D eigenvalue weighted by Crippen LogP contribution is -2.48. The van der Waals surface area contributed by atoms with Gasteiger partial charge in [0, 0.05) is 18.0 Å². The molecule has 0 bridgehead atoms. The maximum atomic E-state index is 6.36. The van der Waals surface area contributed by atoms with Gasteiger partial charge in [0.05, 0.1) is 5.60 Å². The van der Waals surface area contributed by atoms with E-state index in [1.165, 1.54) is 24.8 Å². The summed E-state index contributed by atoms with van der Waals surface area (Å²) in [5.41, 5.74) is 1.83. The quantitative estimate of drug-likeness (QED) is 0.663. The molecule has 0 aromatic rings. The van der Waals surface area contributed by atoms with Crippen LogP contribution in [0.1, 0.15) is 74.7 Å². The second-order valence-electron chi connectivity index (χ2n) is 8.93. The van der Waals surface area contributed by atoms with E-state index in [4.69, 9.17) is 4.84 Å². The van der Waals surface area contributed by atoms with Gasteiger partial charge >= 0.3 is 0 Å². The smallest absolute Gasteiger partial charge is 0.0888 e. The first-order valence-corrected chi connectivity index (χ1v) is 8.66. The summed E-state index contributed by atoms with van der Waals surface area (Å²) in [7, 11) is 0. The number of allylic oxidation sites excluding steroid dienone is 2. The fourth-order valence-electron chi connectivity index (χ4n) is 4.58. The van der Waals surface area contributed by atoms with Crippen molar-refractivity contribution in [3.05, 3.63) is 11.6 Å². The van der Waals surface area contributed by atoms with Gasteiger partial charge < -0.3 is 0 Å². The van der Waals surface area contributed by atoms with Crippen molar-refractivity contribution in [1.29, 1.82) is 0 Å². The van der Waals surface area contributed by atoms with Crippen LogP contribution in [0.4, 0.5) is 0 Å². The van der Waals surface area contributed by atoms with Gasteiger partial charge in [-0.1, -0.05) is 25.5 Å². The molecule has 0 aromatic heterocycles. The van der Waals surface area contributed by atoms with E-state index >= 15 is 0 Å². The van der Waals surface area contributed by atoms with Crippen LogP contribution in [0.2, 0.25) is 0 Å². The van der Waals surface area contributed by atoms with Gasteiger partial charge in [-0.2, -0.15) is 5.06 Å². The molecule has 0 aromatic carbocycles. The average Bonchev–Trinajstić information content (AvgIpc) is 2.60. The highest BCUT2D eigenvalue weighted by Crippen LogP contribution is 2.54. The number of rotatable bonds is 3. The zero-order chi connectivity index (χ0) is 16.0. The normalized spacial score (nSPS) is 39.4. The van der Waals surface area contributed by atoms with E-state index in [1.54, 1.807) is 0 Å². The van der Waals surface area contributed by atoms with Crippen LogP contribution in [0, 0.1) is 17.3 Å². The van der Waals surface area contributed by atoms with E-state index in [2.05, 4.69) is 66.5 Å². The molecule has 2 heteroatoms. The zero-order valence-electron chi connectivity index (χ0n) is 15.4. The molecule has 21 heavy (non-hydrogen) atoms. The highest BCUT2D eigenvalue weighted by molar-refractivity contribution is 5.06. The predicted octanol–water partition coefficient (Wildman–Crippen LogP) is 5.20. The number of fused-ring (bicyclic) bond motifs is 1. The molecular formula is C19H35NO. The van der Waals surface area contributed by atoms with E-state index in [-0.39, 0.29) is 5.60 Å². The number of hydrogen-bond donors (Lipinski definition) is 0. The van der Waals surface area contributed by atoms with E-state index in [0.29, 0.717) is 29.3 Å². The van der Waals surface area contributed by atoms with Gasteiger partial charge in [0.15, 0.2) is 0 Å². The Labute approximate surface area is 131 Å².